The van der Waals surface area contributed by atoms with Gasteiger partial charge in [0.2, 0.25) is 0 Å². The van der Waals surface area contributed by atoms with Gasteiger partial charge >= 0.3 is 0 Å². The van der Waals surface area contributed by atoms with E-state index < -0.39 is 0 Å². The molecule has 4 heteroatoms. The largest absolute Gasteiger partial charge is 0.350 e. The summed E-state index contributed by atoms with van der Waals surface area (Å²) in [5.41, 5.74) is 5.74. The fraction of sp³-hybridized carbons (Fsp3) is 0.346. The van der Waals surface area contributed by atoms with Crippen LogP contribution in [0.2, 0.25) is 0 Å². The van der Waals surface area contributed by atoms with Crippen LogP contribution < -0.4 is 5.32 Å². The molecule has 0 saturated carbocycles. The lowest BCUT2D eigenvalue weighted by molar-refractivity contribution is 0.0822. The van der Waals surface area contributed by atoms with Crippen LogP contribution in [0.5, 0.6) is 0 Å². The molecule has 2 aromatic carbocycles. The van der Waals surface area contributed by atoms with Gasteiger partial charge in [0, 0.05) is 37.6 Å². The van der Waals surface area contributed by atoms with Crippen LogP contribution in [0.1, 0.15) is 47.3 Å². The molecule has 4 rings (SSSR count). The van der Waals surface area contributed by atoms with Crippen molar-refractivity contribution in [1.29, 1.82) is 0 Å². The van der Waals surface area contributed by atoms with Gasteiger partial charge in [0.05, 0.1) is 0 Å². The molecule has 1 unspecified atom stereocenters. The zero-order valence-electron chi connectivity index (χ0n) is 17.9. The molecule has 2 N–H and O–H groups in total. The first kappa shape index (κ1) is 20.4. The lowest BCUT2D eigenvalue weighted by atomic mass is 9.92. The van der Waals surface area contributed by atoms with Gasteiger partial charge in [0.15, 0.2) is 0 Å². The molecule has 30 heavy (non-hydrogen) atoms. The van der Waals surface area contributed by atoms with E-state index in [-0.39, 0.29) is 5.91 Å². The number of H-pyrrole nitrogens is 1. The summed E-state index contributed by atoms with van der Waals surface area (Å²) in [6.45, 7) is 0.943. The second-order valence-corrected chi connectivity index (χ2v) is 8.37. The number of aryl methyl sites for hydroxylation is 1. The first-order chi connectivity index (χ1) is 14.6. The van der Waals surface area contributed by atoms with Gasteiger partial charge in [-0.25, -0.2) is 0 Å². The Balaban J connectivity index is 1.37. The molecule has 0 fully saturated rings. The molecule has 1 atom stereocenters. The van der Waals surface area contributed by atoms with E-state index in [2.05, 4.69) is 58.8 Å². The van der Waals surface area contributed by atoms with Gasteiger partial charge < -0.3 is 15.2 Å². The molecule has 3 aromatic rings. The number of hydrogen-bond acceptors (Lipinski definition) is 2. The van der Waals surface area contributed by atoms with Crippen molar-refractivity contribution >= 4 is 22.4 Å². The third-order valence-corrected chi connectivity index (χ3v) is 6.03. The smallest absolute Gasteiger partial charge is 0.270 e. The number of nitrogens with one attached hydrogen (secondary N) is 2. The van der Waals surface area contributed by atoms with Gasteiger partial charge in [-0.2, -0.15) is 0 Å². The van der Waals surface area contributed by atoms with Gasteiger partial charge in [-0.05, 0) is 48.4 Å². The first-order valence-electron chi connectivity index (χ1n) is 10.9. The number of carbonyl (C=O) groups excluding carboxylic acids is 1. The van der Waals surface area contributed by atoms with Crippen molar-refractivity contribution in [2.24, 2.45) is 0 Å². The number of nitrogens with zero attached hydrogens (tertiary/aromatic N) is 1. The number of para-hydroxylation sites is 1. The summed E-state index contributed by atoms with van der Waals surface area (Å²) in [5, 5.41) is 4.82. The molecule has 156 valence electrons. The van der Waals surface area contributed by atoms with Crippen LogP contribution in [0, 0.1) is 0 Å². The van der Waals surface area contributed by atoms with Gasteiger partial charge in [-0.15, -0.1) is 0 Å². The highest BCUT2D eigenvalue weighted by atomic mass is 16.2. The number of aromatic amines is 1. The topological polar surface area (TPSA) is 48.1 Å². The van der Waals surface area contributed by atoms with E-state index in [0.717, 1.165) is 55.4 Å². The van der Waals surface area contributed by atoms with Crippen LogP contribution in [0.4, 0.5) is 0 Å². The van der Waals surface area contributed by atoms with Crippen molar-refractivity contribution in [1.82, 2.24) is 15.2 Å². The number of amides is 1. The Morgan fingerprint density at radius 3 is 2.60 bits per heavy atom. The zero-order chi connectivity index (χ0) is 20.9. The number of unbranched alkanes of at least 4 members (excludes halogenated alkanes) is 1. The molecule has 0 bridgehead atoms. The van der Waals surface area contributed by atoms with Gasteiger partial charge in [-0.1, -0.05) is 61.0 Å². The Hall–Kier alpha value is -2.85. The molecule has 0 aliphatic carbocycles. The summed E-state index contributed by atoms with van der Waals surface area (Å²) in [7, 11) is 3.62. The molecule has 0 radical (unpaired) electrons. The zero-order valence-corrected chi connectivity index (χ0v) is 17.9. The lowest BCUT2D eigenvalue weighted by Crippen LogP contribution is -2.32. The quantitative estimate of drug-likeness (QED) is 0.546. The Morgan fingerprint density at radius 2 is 1.80 bits per heavy atom. The number of aromatic nitrogens is 1. The first-order valence-corrected chi connectivity index (χ1v) is 10.9. The molecule has 0 saturated heterocycles. The maximum atomic E-state index is 12.7. The van der Waals surface area contributed by atoms with Crippen LogP contribution >= 0.6 is 0 Å². The monoisotopic (exact) mass is 401 g/mol. The van der Waals surface area contributed by atoms with E-state index >= 15 is 0 Å². The highest BCUT2D eigenvalue weighted by molar-refractivity contribution is 6.00. The van der Waals surface area contributed by atoms with Crippen molar-refractivity contribution in [3.8, 4) is 0 Å². The number of hydrogen-bond donors (Lipinski definition) is 2. The average molecular weight is 402 g/mol. The van der Waals surface area contributed by atoms with Gasteiger partial charge in [0.1, 0.15) is 5.69 Å². The Kier molecular flexibility index (Phi) is 6.34. The van der Waals surface area contributed by atoms with Crippen LogP contribution in [0.3, 0.4) is 0 Å². The molecule has 4 nitrogen and oxygen atoms in total. The van der Waals surface area contributed by atoms with E-state index in [9.17, 15) is 4.79 Å². The van der Waals surface area contributed by atoms with Gasteiger partial charge in [0.25, 0.3) is 5.91 Å². The molecular weight excluding hydrogens is 370 g/mol. The average Bonchev–Trinajstić information content (AvgIpc) is 3.15. The summed E-state index contributed by atoms with van der Waals surface area (Å²) in [6, 6.07) is 19.5. The number of carbonyl (C=O) groups is 1. The minimum absolute atomic E-state index is 0.0489. The third-order valence-electron chi connectivity index (χ3n) is 6.03. The number of rotatable bonds is 7. The molecule has 1 aliphatic rings. The molecule has 1 amide bonds. The standard InChI is InChI=1S/C26H31N3O/c1-29(2)26(30)25-23(22-13-8-9-15-24(22)28-25)14-7-6-12-21-18-20(16-17-27-21)19-10-4-3-5-11-19/h3-5,8-11,13,15-16,21,27-28H,6-7,12,14,17-18H2,1-2H3. The van der Waals surface area contributed by atoms with E-state index in [0.29, 0.717) is 6.04 Å². The van der Waals surface area contributed by atoms with E-state index in [1.165, 1.54) is 16.5 Å². The molecule has 1 aliphatic heterocycles. The minimum atomic E-state index is 0.0489. The second-order valence-electron chi connectivity index (χ2n) is 8.37. The Labute approximate surface area is 179 Å². The maximum absolute atomic E-state index is 12.7. The van der Waals surface area contributed by atoms with Crippen molar-refractivity contribution < 1.29 is 4.79 Å². The van der Waals surface area contributed by atoms with Crippen molar-refractivity contribution in [3.05, 3.63) is 77.5 Å². The predicted octanol–water partition coefficient (Wildman–Crippen LogP) is 5.03. The van der Waals surface area contributed by atoms with E-state index in [1.807, 2.05) is 26.2 Å². The summed E-state index contributed by atoms with van der Waals surface area (Å²) >= 11 is 0. The predicted molar refractivity (Wildman–Crippen MR) is 125 cm³/mol. The highest BCUT2D eigenvalue weighted by Gasteiger charge is 2.19. The van der Waals surface area contributed by atoms with Crippen molar-refractivity contribution in [2.75, 3.05) is 20.6 Å². The Bertz CT molecular complexity index is 1030. The molecule has 1 aromatic heterocycles. The summed E-state index contributed by atoms with van der Waals surface area (Å²) in [5.74, 6) is 0.0489. The molecule has 2 heterocycles. The molecular formula is C26H31N3O. The summed E-state index contributed by atoms with van der Waals surface area (Å²) in [4.78, 5) is 17.7. The van der Waals surface area contributed by atoms with Crippen LogP contribution in [0.25, 0.3) is 16.5 Å². The fourth-order valence-electron chi connectivity index (χ4n) is 4.42. The van der Waals surface area contributed by atoms with E-state index in [1.54, 1.807) is 4.90 Å². The Morgan fingerprint density at radius 1 is 1.03 bits per heavy atom. The number of fused-ring (bicyclic) bond motifs is 1. The maximum Gasteiger partial charge on any atom is 0.270 e. The van der Waals surface area contributed by atoms with Gasteiger partial charge in [-0.3, -0.25) is 4.79 Å². The lowest BCUT2D eigenvalue weighted by Gasteiger charge is -2.24. The summed E-state index contributed by atoms with van der Waals surface area (Å²) < 4.78 is 0. The third kappa shape index (κ3) is 4.49. The minimum Gasteiger partial charge on any atom is -0.350 e. The van der Waals surface area contributed by atoms with Crippen molar-refractivity contribution in [3.63, 3.8) is 0 Å². The summed E-state index contributed by atoms with van der Waals surface area (Å²) in [6.07, 6.45) is 7.71. The second kappa shape index (κ2) is 9.31. The van der Waals surface area contributed by atoms with Crippen LogP contribution in [-0.4, -0.2) is 42.5 Å². The number of benzene rings is 2. The fourth-order valence-corrected chi connectivity index (χ4v) is 4.42. The van der Waals surface area contributed by atoms with Crippen LogP contribution in [0.15, 0.2) is 60.7 Å². The highest BCUT2D eigenvalue weighted by Crippen LogP contribution is 2.27. The van der Waals surface area contributed by atoms with Crippen molar-refractivity contribution in [2.45, 2.75) is 38.1 Å². The normalized spacial score (nSPS) is 16.5. The SMILES string of the molecule is CN(C)C(=O)c1[nH]c2ccccc2c1CCCCC1CC(c2ccccc2)=CCN1. The van der Waals surface area contributed by atoms with E-state index in [4.69, 9.17) is 0 Å². The molecule has 0 spiro atoms. The van der Waals surface area contributed by atoms with Crippen LogP contribution in [-0.2, 0) is 6.42 Å².